The zero-order chi connectivity index (χ0) is 23.6. The fraction of sp³-hybridized carbons (Fsp3) is 0.217. The minimum Gasteiger partial charge on any atom is -0.481 e. The Labute approximate surface area is 187 Å². The lowest BCUT2D eigenvalue weighted by Gasteiger charge is -2.13. The fourth-order valence-corrected chi connectivity index (χ4v) is 3.46. The van der Waals surface area contributed by atoms with Gasteiger partial charge in [0, 0.05) is 11.8 Å². The highest BCUT2D eigenvalue weighted by Crippen LogP contribution is 2.36. The third-order valence-electron chi connectivity index (χ3n) is 5.05. The molecule has 3 aromatic rings. The lowest BCUT2D eigenvalue weighted by Crippen LogP contribution is -2.16. The molecule has 0 fully saturated rings. The predicted molar refractivity (Wildman–Crippen MR) is 115 cm³/mol. The predicted octanol–water partition coefficient (Wildman–Crippen LogP) is 4.26. The summed E-state index contributed by atoms with van der Waals surface area (Å²) in [5.41, 5.74) is 3.05. The Kier molecular flexibility index (Phi) is 5.99. The van der Waals surface area contributed by atoms with Gasteiger partial charge < -0.3 is 14.8 Å². The monoisotopic (exact) mass is 456 g/mol. The highest BCUT2D eigenvalue weighted by Gasteiger charge is 2.35. The lowest BCUT2D eigenvalue weighted by atomic mass is 10.0. The molecule has 10 heteroatoms. The molecule has 1 aliphatic heterocycles. The van der Waals surface area contributed by atoms with E-state index in [-0.39, 0.29) is 12.1 Å². The number of aliphatic imine (C=N–C) groups is 1. The van der Waals surface area contributed by atoms with Gasteiger partial charge in [-0.3, -0.25) is 9.78 Å². The molecule has 3 heterocycles. The number of carbonyl (C=O) groups excluding carboxylic acids is 1. The molecule has 2 aromatic heterocycles. The molecule has 1 aromatic carbocycles. The molecule has 1 N–H and O–H groups in total. The molecule has 1 aliphatic rings. The third kappa shape index (κ3) is 4.79. The summed E-state index contributed by atoms with van der Waals surface area (Å²) >= 11 is 0. The van der Waals surface area contributed by atoms with Gasteiger partial charge in [0.15, 0.2) is 0 Å². The maximum Gasteiger partial charge on any atom is 0.421 e. The summed E-state index contributed by atoms with van der Waals surface area (Å²) in [6.07, 6.45) is -1.80. The molecule has 0 bridgehead atoms. The van der Waals surface area contributed by atoms with E-state index in [4.69, 9.17) is 4.74 Å². The Morgan fingerprint density at radius 3 is 2.45 bits per heavy atom. The number of pyridine rings is 2. The SMILES string of the molecule is COC1=NCc2ncc(-c3ccc(CC(=O)Nc4cnc(OC)c(C(F)(F)F)c4)cc3)cc21. The Morgan fingerprint density at radius 1 is 1.03 bits per heavy atom. The van der Waals surface area contributed by atoms with Crippen molar-refractivity contribution in [1.82, 2.24) is 9.97 Å². The summed E-state index contributed by atoms with van der Waals surface area (Å²) in [6.45, 7) is 0.487. The largest absolute Gasteiger partial charge is 0.481 e. The fourth-order valence-electron chi connectivity index (χ4n) is 3.46. The van der Waals surface area contributed by atoms with Crippen LogP contribution >= 0.6 is 0 Å². The quantitative estimate of drug-likeness (QED) is 0.620. The van der Waals surface area contributed by atoms with E-state index in [0.29, 0.717) is 18.0 Å². The maximum absolute atomic E-state index is 13.1. The van der Waals surface area contributed by atoms with Crippen molar-refractivity contribution in [2.75, 3.05) is 19.5 Å². The van der Waals surface area contributed by atoms with Gasteiger partial charge in [-0.05, 0) is 23.3 Å². The smallest absolute Gasteiger partial charge is 0.421 e. The van der Waals surface area contributed by atoms with Crippen LogP contribution in [0.25, 0.3) is 11.1 Å². The van der Waals surface area contributed by atoms with Gasteiger partial charge in [0.25, 0.3) is 0 Å². The van der Waals surface area contributed by atoms with E-state index in [1.807, 2.05) is 18.2 Å². The Bertz CT molecular complexity index is 1220. The van der Waals surface area contributed by atoms with E-state index in [2.05, 4.69) is 25.0 Å². The van der Waals surface area contributed by atoms with Crippen molar-refractivity contribution in [2.45, 2.75) is 19.1 Å². The van der Waals surface area contributed by atoms with E-state index in [1.165, 1.54) is 0 Å². The third-order valence-corrected chi connectivity index (χ3v) is 5.05. The van der Waals surface area contributed by atoms with E-state index in [9.17, 15) is 18.0 Å². The van der Waals surface area contributed by atoms with Gasteiger partial charge in [0.1, 0.15) is 5.56 Å². The summed E-state index contributed by atoms with van der Waals surface area (Å²) in [7, 11) is 2.66. The van der Waals surface area contributed by atoms with Crippen LogP contribution in [0.4, 0.5) is 18.9 Å². The van der Waals surface area contributed by atoms with Crippen molar-refractivity contribution in [3.8, 4) is 17.0 Å². The highest BCUT2D eigenvalue weighted by atomic mass is 19.4. The molecule has 4 rings (SSSR count). The van der Waals surface area contributed by atoms with Crippen LogP contribution in [0, 0.1) is 0 Å². The summed E-state index contributed by atoms with van der Waals surface area (Å²) in [6, 6.07) is 10.0. The van der Waals surface area contributed by atoms with Crippen molar-refractivity contribution in [3.05, 3.63) is 71.2 Å². The first kappa shape index (κ1) is 22.3. The number of hydrogen-bond acceptors (Lipinski definition) is 6. The molecule has 0 unspecified atom stereocenters. The molecule has 0 saturated heterocycles. The maximum atomic E-state index is 13.1. The van der Waals surface area contributed by atoms with Crippen LogP contribution in [-0.4, -0.2) is 36.0 Å². The first-order chi connectivity index (χ1) is 15.8. The lowest BCUT2D eigenvalue weighted by molar-refractivity contribution is -0.139. The molecule has 33 heavy (non-hydrogen) atoms. The number of amides is 1. The molecule has 0 spiro atoms. The number of benzene rings is 1. The van der Waals surface area contributed by atoms with E-state index >= 15 is 0 Å². The molecular weight excluding hydrogens is 437 g/mol. The van der Waals surface area contributed by atoms with Crippen LogP contribution in [0.15, 0.2) is 53.8 Å². The zero-order valence-electron chi connectivity index (χ0n) is 17.7. The molecule has 0 aliphatic carbocycles. The number of anilines is 1. The Hall–Kier alpha value is -3.95. The van der Waals surface area contributed by atoms with Crippen molar-refractivity contribution < 1.29 is 27.4 Å². The van der Waals surface area contributed by atoms with Crippen LogP contribution in [0.1, 0.15) is 22.4 Å². The van der Waals surface area contributed by atoms with Crippen molar-refractivity contribution in [1.29, 1.82) is 0 Å². The molecule has 170 valence electrons. The first-order valence-corrected chi connectivity index (χ1v) is 9.86. The number of hydrogen-bond donors (Lipinski definition) is 1. The molecule has 0 radical (unpaired) electrons. The van der Waals surface area contributed by atoms with Crippen LogP contribution in [-0.2, 0) is 28.7 Å². The number of ether oxygens (including phenoxy) is 2. The Morgan fingerprint density at radius 2 is 1.79 bits per heavy atom. The highest BCUT2D eigenvalue weighted by molar-refractivity contribution is 5.98. The van der Waals surface area contributed by atoms with E-state index in [1.54, 1.807) is 25.4 Å². The average molecular weight is 456 g/mol. The minimum atomic E-state index is -4.66. The molecule has 7 nitrogen and oxygen atoms in total. The minimum absolute atomic E-state index is 0.0173. The molecule has 1 amide bonds. The number of aromatic nitrogens is 2. The van der Waals surface area contributed by atoms with E-state index in [0.717, 1.165) is 41.8 Å². The van der Waals surface area contributed by atoms with Crippen LogP contribution in [0.5, 0.6) is 5.88 Å². The summed E-state index contributed by atoms with van der Waals surface area (Å²) in [4.78, 5) is 24.7. The second kappa shape index (κ2) is 8.89. The second-order valence-electron chi connectivity index (χ2n) is 7.24. The van der Waals surface area contributed by atoms with Crippen molar-refractivity contribution >= 4 is 17.5 Å². The standard InChI is InChI=1S/C23H19F3N4O3/c1-32-21-17-8-15(10-27-19(17)12-29-21)14-5-3-13(4-6-14)7-20(31)30-16-9-18(23(24,25)26)22(33-2)28-11-16/h3-6,8-11H,7,12H2,1-2H3,(H,30,31). The number of fused-ring (bicyclic) bond motifs is 1. The number of nitrogens with zero attached hydrogens (tertiary/aromatic N) is 3. The zero-order valence-corrected chi connectivity index (χ0v) is 17.7. The van der Waals surface area contributed by atoms with Gasteiger partial charge >= 0.3 is 6.18 Å². The van der Waals surface area contributed by atoms with Gasteiger partial charge in [0.2, 0.25) is 17.7 Å². The number of carbonyl (C=O) groups is 1. The summed E-state index contributed by atoms with van der Waals surface area (Å²) in [5, 5.41) is 2.45. The Balaban J connectivity index is 1.45. The number of rotatable bonds is 5. The molecular formula is C23H19F3N4O3. The number of methoxy groups -OCH3 is 2. The van der Waals surface area contributed by atoms with Gasteiger partial charge in [-0.25, -0.2) is 9.98 Å². The van der Waals surface area contributed by atoms with Crippen molar-refractivity contribution in [3.63, 3.8) is 0 Å². The average Bonchev–Trinajstić information content (AvgIpc) is 3.21. The molecule has 0 saturated carbocycles. The van der Waals surface area contributed by atoms with Crippen molar-refractivity contribution in [2.24, 2.45) is 4.99 Å². The van der Waals surface area contributed by atoms with Gasteiger partial charge in [-0.15, -0.1) is 0 Å². The van der Waals surface area contributed by atoms with Gasteiger partial charge in [-0.2, -0.15) is 13.2 Å². The van der Waals surface area contributed by atoms with Crippen LogP contribution in [0.3, 0.4) is 0 Å². The second-order valence-corrected chi connectivity index (χ2v) is 7.24. The number of nitrogens with one attached hydrogen (secondary N) is 1. The summed E-state index contributed by atoms with van der Waals surface area (Å²) < 4.78 is 49.3. The normalized spacial score (nSPS) is 12.7. The van der Waals surface area contributed by atoms with E-state index < -0.39 is 23.5 Å². The number of alkyl halides is 3. The van der Waals surface area contributed by atoms with Crippen LogP contribution < -0.4 is 10.1 Å². The first-order valence-electron chi connectivity index (χ1n) is 9.86. The topological polar surface area (TPSA) is 85.7 Å². The molecule has 0 atom stereocenters. The van der Waals surface area contributed by atoms with Gasteiger partial charge in [-0.1, -0.05) is 24.3 Å². The van der Waals surface area contributed by atoms with Gasteiger partial charge in [0.05, 0.1) is 50.3 Å². The summed E-state index contributed by atoms with van der Waals surface area (Å²) in [5.74, 6) is -0.474. The van der Waals surface area contributed by atoms with Crippen LogP contribution in [0.2, 0.25) is 0 Å². The number of halogens is 3.